The van der Waals surface area contributed by atoms with Crippen LogP contribution < -0.4 is 14.8 Å². The number of benzene rings is 3. The molecule has 1 heterocycles. The van der Waals surface area contributed by atoms with E-state index in [9.17, 15) is 28.1 Å². The summed E-state index contributed by atoms with van der Waals surface area (Å²) in [4.78, 5) is 23.6. The molecule has 4 rings (SSSR count). The van der Waals surface area contributed by atoms with Crippen molar-refractivity contribution in [3.63, 3.8) is 0 Å². The van der Waals surface area contributed by atoms with Crippen molar-refractivity contribution in [1.29, 1.82) is 0 Å². The van der Waals surface area contributed by atoms with Crippen molar-refractivity contribution in [2.24, 2.45) is 0 Å². The van der Waals surface area contributed by atoms with Crippen LogP contribution in [0.4, 0.5) is 24.5 Å². The lowest BCUT2D eigenvalue weighted by Crippen LogP contribution is -2.11. The van der Waals surface area contributed by atoms with Gasteiger partial charge in [0.1, 0.15) is 29.6 Å². The Balaban J connectivity index is 1.49. The molecule has 1 aromatic heterocycles. The molecule has 1 N–H and O–H groups in total. The number of aryl methyl sites for hydroxylation is 1. The van der Waals surface area contributed by atoms with Gasteiger partial charge in [0.05, 0.1) is 22.2 Å². The number of nitrogens with one attached hydrogen (secondary N) is 1. The number of halogens is 4. The summed E-state index contributed by atoms with van der Waals surface area (Å²) in [6.45, 7) is 5.90. The van der Waals surface area contributed by atoms with E-state index in [0.717, 1.165) is 41.5 Å². The zero-order valence-corrected chi connectivity index (χ0v) is 22.8. The summed E-state index contributed by atoms with van der Waals surface area (Å²) in [5, 5.41) is 14.6. The van der Waals surface area contributed by atoms with Crippen LogP contribution >= 0.6 is 11.6 Å². The maximum Gasteiger partial charge on any atom is 0.416 e. The summed E-state index contributed by atoms with van der Waals surface area (Å²) in [7, 11) is 0. The third-order valence-corrected chi connectivity index (χ3v) is 6.33. The van der Waals surface area contributed by atoms with Crippen LogP contribution in [0.2, 0.25) is 5.02 Å². The Kier molecular flexibility index (Phi) is 8.57. The van der Waals surface area contributed by atoms with Crippen LogP contribution in [0.15, 0.2) is 71.1 Å². The number of non-ortho nitro benzene ring substituents is 1. The van der Waals surface area contributed by atoms with Gasteiger partial charge in [-0.3, -0.25) is 14.9 Å². The van der Waals surface area contributed by atoms with Gasteiger partial charge in [-0.2, -0.15) is 13.2 Å². The van der Waals surface area contributed by atoms with Crippen molar-refractivity contribution in [2.45, 2.75) is 39.5 Å². The molecule has 0 radical (unpaired) electrons. The maximum atomic E-state index is 13.0. The molecule has 41 heavy (non-hydrogen) atoms. The molecule has 0 bridgehead atoms. The minimum absolute atomic E-state index is 0.0276. The van der Waals surface area contributed by atoms with Crippen molar-refractivity contribution in [3.05, 3.63) is 110 Å². The molecular weight excluding hydrogens is 565 g/mol. The number of anilines is 1. The average molecular weight is 589 g/mol. The van der Waals surface area contributed by atoms with E-state index in [2.05, 4.69) is 5.32 Å². The predicted molar refractivity (Wildman–Crippen MR) is 146 cm³/mol. The number of alkyl halides is 3. The highest BCUT2D eigenvalue weighted by molar-refractivity contribution is 6.31. The van der Waals surface area contributed by atoms with Gasteiger partial charge >= 0.3 is 6.18 Å². The summed E-state index contributed by atoms with van der Waals surface area (Å²) < 4.78 is 56.1. The second kappa shape index (κ2) is 11.9. The molecule has 4 aromatic rings. The van der Waals surface area contributed by atoms with Crippen molar-refractivity contribution in [2.75, 3.05) is 5.32 Å². The van der Waals surface area contributed by atoms with Crippen LogP contribution in [-0.2, 0) is 12.8 Å². The van der Waals surface area contributed by atoms with E-state index in [1.165, 1.54) is 18.2 Å². The van der Waals surface area contributed by atoms with Crippen molar-refractivity contribution < 1.29 is 36.8 Å². The minimum atomic E-state index is -4.60. The number of nitrogens with zero attached hydrogens (tertiary/aromatic N) is 1. The van der Waals surface area contributed by atoms with E-state index in [1.807, 2.05) is 32.9 Å². The molecular formula is C29H24ClF3N2O6. The Morgan fingerprint density at radius 2 is 1.83 bits per heavy atom. The molecule has 214 valence electrons. The van der Waals surface area contributed by atoms with Gasteiger partial charge in [-0.15, -0.1) is 0 Å². The minimum Gasteiger partial charge on any atom is -0.485 e. The van der Waals surface area contributed by atoms with E-state index in [-0.39, 0.29) is 35.5 Å². The number of amides is 1. The second-order valence-electron chi connectivity index (χ2n) is 9.40. The predicted octanol–water partition coefficient (Wildman–Crippen LogP) is 8.92. The molecule has 8 nitrogen and oxygen atoms in total. The van der Waals surface area contributed by atoms with E-state index in [0.29, 0.717) is 16.5 Å². The van der Waals surface area contributed by atoms with E-state index in [1.54, 1.807) is 6.07 Å². The standard InChI is InChI=1S/C29H24ClF3N2O6/c1-16(2)24-14-25(30)17(3)9-27(24)39-15-22-7-8-26(41-22)28(36)34-19-11-20(35(37)38)13-23(12-19)40-21-6-4-5-18(10-21)29(31,32)33/h4-14,16H,15H2,1-3H3,(H,34,36). The van der Waals surface area contributed by atoms with E-state index in [4.69, 9.17) is 25.5 Å². The summed E-state index contributed by atoms with van der Waals surface area (Å²) in [6.07, 6.45) is -4.60. The number of nitro benzene ring substituents is 1. The fourth-order valence-corrected chi connectivity index (χ4v) is 4.03. The van der Waals surface area contributed by atoms with Gasteiger partial charge in [0.2, 0.25) is 0 Å². The van der Waals surface area contributed by atoms with Crippen molar-refractivity contribution >= 4 is 28.9 Å². The molecule has 0 unspecified atom stereocenters. The monoisotopic (exact) mass is 588 g/mol. The number of nitro groups is 1. The Morgan fingerprint density at radius 3 is 2.51 bits per heavy atom. The lowest BCUT2D eigenvalue weighted by Gasteiger charge is -2.15. The van der Waals surface area contributed by atoms with Crippen LogP contribution in [0, 0.1) is 17.0 Å². The Morgan fingerprint density at radius 1 is 1.07 bits per heavy atom. The second-order valence-corrected chi connectivity index (χ2v) is 9.81. The van der Waals surface area contributed by atoms with Crippen LogP contribution in [0.3, 0.4) is 0 Å². The Hall–Kier alpha value is -4.51. The van der Waals surface area contributed by atoms with Gasteiger partial charge in [-0.05, 0) is 66.4 Å². The third kappa shape index (κ3) is 7.37. The summed E-state index contributed by atoms with van der Waals surface area (Å²) >= 11 is 6.25. The molecule has 0 spiro atoms. The molecule has 0 aliphatic carbocycles. The highest BCUT2D eigenvalue weighted by atomic mass is 35.5. The number of carbonyl (C=O) groups excluding carboxylic acids is 1. The third-order valence-electron chi connectivity index (χ3n) is 5.93. The highest BCUT2D eigenvalue weighted by Gasteiger charge is 2.30. The number of furan rings is 1. The number of hydrogen-bond donors (Lipinski definition) is 1. The molecule has 0 atom stereocenters. The summed E-state index contributed by atoms with van der Waals surface area (Å²) in [6, 6.07) is 14.1. The lowest BCUT2D eigenvalue weighted by atomic mass is 10.0. The number of carbonyl (C=O) groups is 1. The Bertz CT molecular complexity index is 1600. The van der Waals surface area contributed by atoms with Gasteiger partial charge in [0, 0.05) is 17.2 Å². The molecule has 0 fully saturated rings. The molecule has 0 saturated heterocycles. The number of rotatable bonds is 9. The topological polar surface area (TPSA) is 104 Å². The molecule has 3 aromatic carbocycles. The fourth-order valence-electron chi connectivity index (χ4n) is 3.86. The zero-order valence-electron chi connectivity index (χ0n) is 22.0. The maximum absolute atomic E-state index is 13.0. The SMILES string of the molecule is Cc1cc(OCc2ccc(C(=O)Nc3cc(Oc4cccc(C(F)(F)F)c4)cc([N+](=O)[O-])c3)o2)c(C(C)C)cc1Cl. The smallest absolute Gasteiger partial charge is 0.416 e. The van der Waals surface area contributed by atoms with Gasteiger partial charge < -0.3 is 19.2 Å². The van der Waals surface area contributed by atoms with E-state index >= 15 is 0 Å². The van der Waals surface area contributed by atoms with Crippen LogP contribution in [0.1, 0.15) is 52.8 Å². The number of ether oxygens (including phenoxy) is 2. The molecule has 0 saturated carbocycles. The van der Waals surface area contributed by atoms with Crippen LogP contribution in [0.5, 0.6) is 17.2 Å². The highest BCUT2D eigenvalue weighted by Crippen LogP contribution is 2.35. The van der Waals surface area contributed by atoms with Crippen LogP contribution in [-0.4, -0.2) is 10.8 Å². The summed E-state index contributed by atoms with van der Waals surface area (Å²) in [5.74, 6) is -0.0113. The molecule has 12 heteroatoms. The van der Waals surface area contributed by atoms with Crippen molar-refractivity contribution in [3.8, 4) is 17.2 Å². The first kappa shape index (κ1) is 29.5. The Labute approximate surface area is 237 Å². The molecule has 0 aliphatic heterocycles. The average Bonchev–Trinajstić information content (AvgIpc) is 3.38. The van der Waals surface area contributed by atoms with Crippen LogP contribution in [0.25, 0.3) is 0 Å². The van der Waals surface area contributed by atoms with Gasteiger partial charge in [0.15, 0.2) is 5.76 Å². The summed E-state index contributed by atoms with van der Waals surface area (Å²) in [5.41, 5.74) is 0.340. The van der Waals surface area contributed by atoms with Crippen molar-refractivity contribution in [1.82, 2.24) is 0 Å². The first-order valence-corrected chi connectivity index (χ1v) is 12.7. The normalized spacial score (nSPS) is 11.4. The largest absolute Gasteiger partial charge is 0.485 e. The van der Waals surface area contributed by atoms with Gasteiger partial charge in [-0.25, -0.2) is 0 Å². The van der Waals surface area contributed by atoms with E-state index < -0.39 is 28.3 Å². The first-order chi connectivity index (χ1) is 19.3. The lowest BCUT2D eigenvalue weighted by molar-refractivity contribution is -0.384. The van der Waals surface area contributed by atoms with Gasteiger partial charge in [0.25, 0.3) is 11.6 Å². The zero-order chi connectivity index (χ0) is 29.9. The van der Waals surface area contributed by atoms with Gasteiger partial charge in [-0.1, -0.05) is 31.5 Å². The number of hydrogen-bond acceptors (Lipinski definition) is 6. The quantitative estimate of drug-likeness (QED) is 0.155. The first-order valence-electron chi connectivity index (χ1n) is 12.3. The molecule has 1 amide bonds. The fraction of sp³-hybridized carbons (Fsp3) is 0.207. The molecule has 0 aliphatic rings.